The summed E-state index contributed by atoms with van der Waals surface area (Å²) in [6.07, 6.45) is -5.23. The van der Waals surface area contributed by atoms with Crippen LogP contribution in [-0.4, -0.2) is 28.6 Å². The van der Waals surface area contributed by atoms with Crippen molar-refractivity contribution in [1.82, 2.24) is 4.98 Å². The first-order valence-corrected chi connectivity index (χ1v) is 8.06. The minimum atomic E-state index is -4.62. The average molecular weight is 396 g/mol. The molecule has 6 nitrogen and oxygen atoms in total. The monoisotopic (exact) mass is 395 g/mol. The van der Waals surface area contributed by atoms with Gasteiger partial charge in [0.2, 0.25) is 12.0 Å². The lowest BCUT2D eigenvalue weighted by Crippen LogP contribution is -2.33. The summed E-state index contributed by atoms with van der Waals surface area (Å²) in [7, 11) is 0. The van der Waals surface area contributed by atoms with E-state index in [0.29, 0.717) is 18.0 Å². The van der Waals surface area contributed by atoms with E-state index in [2.05, 4.69) is 10.1 Å². The molecule has 1 saturated heterocycles. The normalized spacial score (nSPS) is 21.9. The van der Waals surface area contributed by atoms with E-state index in [-0.39, 0.29) is 16.4 Å². The maximum absolute atomic E-state index is 12.8. The predicted octanol–water partition coefficient (Wildman–Crippen LogP) is 3.05. The summed E-state index contributed by atoms with van der Waals surface area (Å²) in [5.41, 5.74) is -0.882. The van der Waals surface area contributed by atoms with Crippen molar-refractivity contribution in [2.45, 2.75) is 12.3 Å². The molecule has 0 bridgehead atoms. The fourth-order valence-corrected chi connectivity index (χ4v) is 3.25. The molecule has 0 N–H and O–H groups in total. The van der Waals surface area contributed by atoms with E-state index in [9.17, 15) is 22.8 Å². The van der Waals surface area contributed by atoms with Crippen molar-refractivity contribution >= 4 is 34.8 Å². The second kappa shape index (κ2) is 6.05. The number of pyridine rings is 1. The van der Waals surface area contributed by atoms with Crippen LogP contribution in [0.2, 0.25) is 5.02 Å². The van der Waals surface area contributed by atoms with Crippen LogP contribution in [-0.2, 0) is 20.6 Å². The number of aromatic nitrogens is 1. The van der Waals surface area contributed by atoms with E-state index in [0.717, 1.165) is 4.90 Å². The van der Waals surface area contributed by atoms with Crippen LogP contribution in [0.4, 0.5) is 18.9 Å². The van der Waals surface area contributed by atoms with Crippen LogP contribution in [0.1, 0.15) is 11.3 Å². The molecule has 1 fully saturated rings. The number of rotatable bonds is 2. The SMILES string of the molecule is O=C1C2ON=C(c3ncc(C(F)(F)F)cc3Cl)C2C(=O)N1c1ccccc1. The molecular weight excluding hydrogens is 387 g/mol. The molecule has 2 unspecified atom stereocenters. The van der Waals surface area contributed by atoms with Crippen molar-refractivity contribution in [2.75, 3.05) is 4.90 Å². The Hall–Kier alpha value is -2.94. The molecule has 2 atom stereocenters. The van der Waals surface area contributed by atoms with Gasteiger partial charge in [0.25, 0.3) is 5.91 Å². The Bertz CT molecular complexity index is 978. The Morgan fingerprint density at radius 3 is 2.44 bits per heavy atom. The molecule has 1 aromatic heterocycles. The molecule has 0 aliphatic carbocycles. The summed E-state index contributed by atoms with van der Waals surface area (Å²) in [5.74, 6) is -2.34. The highest BCUT2D eigenvalue weighted by Crippen LogP contribution is 2.37. The number of halogens is 4. The number of carbonyl (C=O) groups is 2. The molecule has 3 heterocycles. The molecule has 4 rings (SSSR count). The van der Waals surface area contributed by atoms with Gasteiger partial charge in [-0.1, -0.05) is 35.0 Å². The minimum absolute atomic E-state index is 0.0736. The summed E-state index contributed by atoms with van der Waals surface area (Å²) in [6.45, 7) is 0. The molecule has 2 aliphatic rings. The topological polar surface area (TPSA) is 71.9 Å². The Labute approximate surface area is 155 Å². The van der Waals surface area contributed by atoms with Gasteiger partial charge in [-0.05, 0) is 18.2 Å². The predicted molar refractivity (Wildman–Crippen MR) is 88.1 cm³/mol. The van der Waals surface area contributed by atoms with Gasteiger partial charge in [0.1, 0.15) is 17.3 Å². The summed E-state index contributed by atoms with van der Waals surface area (Å²) in [6, 6.07) is 8.90. The molecule has 10 heteroatoms. The summed E-state index contributed by atoms with van der Waals surface area (Å²) >= 11 is 5.93. The smallest absolute Gasteiger partial charge is 0.381 e. The fourth-order valence-electron chi connectivity index (χ4n) is 2.99. The van der Waals surface area contributed by atoms with E-state index in [1.165, 1.54) is 0 Å². The van der Waals surface area contributed by atoms with Crippen LogP contribution in [0.5, 0.6) is 0 Å². The van der Waals surface area contributed by atoms with Gasteiger partial charge in [-0.15, -0.1) is 0 Å². The molecule has 2 aliphatic heterocycles. The zero-order valence-corrected chi connectivity index (χ0v) is 14.0. The van der Waals surface area contributed by atoms with E-state index >= 15 is 0 Å². The molecule has 2 amide bonds. The number of imide groups is 1. The lowest BCUT2D eigenvalue weighted by Gasteiger charge is -2.15. The van der Waals surface area contributed by atoms with E-state index in [4.69, 9.17) is 16.4 Å². The molecule has 0 spiro atoms. The highest BCUT2D eigenvalue weighted by Gasteiger charge is 2.56. The Morgan fingerprint density at radius 1 is 1.11 bits per heavy atom. The number of alkyl halides is 3. The third-order valence-electron chi connectivity index (χ3n) is 4.24. The number of carbonyl (C=O) groups excluding carboxylic acids is 2. The van der Waals surface area contributed by atoms with Crippen molar-refractivity contribution in [1.29, 1.82) is 0 Å². The van der Waals surface area contributed by atoms with Crippen molar-refractivity contribution in [3.63, 3.8) is 0 Å². The van der Waals surface area contributed by atoms with Gasteiger partial charge in [0, 0.05) is 6.20 Å². The van der Waals surface area contributed by atoms with Crippen molar-refractivity contribution in [3.05, 3.63) is 58.9 Å². The molecule has 0 saturated carbocycles. The van der Waals surface area contributed by atoms with E-state index < -0.39 is 35.6 Å². The second-order valence-electron chi connectivity index (χ2n) is 5.88. The van der Waals surface area contributed by atoms with Gasteiger partial charge >= 0.3 is 6.18 Å². The first-order chi connectivity index (χ1) is 12.8. The maximum atomic E-state index is 12.8. The number of oxime groups is 1. The number of para-hydroxylation sites is 1. The van der Waals surface area contributed by atoms with Gasteiger partial charge in [-0.25, -0.2) is 4.90 Å². The summed E-state index contributed by atoms with van der Waals surface area (Å²) in [4.78, 5) is 35.1. The van der Waals surface area contributed by atoms with Crippen LogP contribution in [0.15, 0.2) is 47.8 Å². The lowest BCUT2D eigenvalue weighted by atomic mass is 9.96. The standard InChI is InChI=1S/C17H9ClF3N3O3/c18-10-6-8(17(19,20)21)7-22-12(10)13-11-14(27-23-13)16(26)24(15(11)25)9-4-2-1-3-5-9/h1-7,11,14H. The number of amides is 2. The lowest BCUT2D eigenvalue weighted by molar-refractivity contribution is -0.137. The Kier molecular flexibility index (Phi) is 3.92. The van der Waals surface area contributed by atoms with Crippen LogP contribution >= 0.6 is 11.6 Å². The van der Waals surface area contributed by atoms with Gasteiger partial charge in [0.05, 0.1) is 16.3 Å². The largest absolute Gasteiger partial charge is 0.417 e. The van der Waals surface area contributed by atoms with Gasteiger partial charge < -0.3 is 4.84 Å². The van der Waals surface area contributed by atoms with Crippen LogP contribution in [0.3, 0.4) is 0 Å². The second-order valence-corrected chi connectivity index (χ2v) is 6.29. The molecule has 2 aromatic rings. The van der Waals surface area contributed by atoms with Gasteiger partial charge in [-0.2, -0.15) is 13.2 Å². The third kappa shape index (κ3) is 2.74. The number of anilines is 1. The third-order valence-corrected chi connectivity index (χ3v) is 4.53. The fraction of sp³-hybridized carbons (Fsp3) is 0.176. The Balaban J connectivity index is 1.70. The molecule has 138 valence electrons. The van der Waals surface area contributed by atoms with Gasteiger partial charge in [-0.3, -0.25) is 14.6 Å². The number of fused-ring (bicyclic) bond motifs is 1. The van der Waals surface area contributed by atoms with Crippen LogP contribution in [0, 0.1) is 5.92 Å². The van der Waals surface area contributed by atoms with Crippen LogP contribution in [0.25, 0.3) is 0 Å². The highest BCUT2D eigenvalue weighted by atomic mass is 35.5. The van der Waals surface area contributed by atoms with Crippen molar-refractivity contribution < 1.29 is 27.6 Å². The first kappa shape index (κ1) is 17.5. The van der Waals surface area contributed by atoms with E-state index in [1.807, 2.05) is 0 Å². The summed E-state index contributed by atoms with van der Waals surface area (Å²) < 4.78 is 38.4. The van der Waals surface area contributed by atoms with Gasteiger partial charge in [0.15, 0.2) is 0 Å². The molecule has 0 radical (unpaired) electrons. The molecule has 1 aromatic carbocycles. The van der Waals surface area contributed by atoms with Crippen molar-refractivity contribution in [3.8, 4) is 0 Å². The highest BCUT2D eigenvalue weighted by molar-refractivity contribution is 6.37. The quantitative estimate of drug-likeness (QED) is 0.733. The number of hydrogen-bond donors (Lipinski definition) is 0. The number of nitrogens with zero attached hydrogens (tertiary/aromatic N) is 3. The first-order valence-electron chi connectivity index (χ1n) is 7.68. The zero-order chi connectivity index (χ0) is 19.3. The minimum Gasteiger partial charge on any atom is -0.381 e. The number of benzene rings is 1. The summed E-state index contributed by atoms with van der Waals surface area (Å²) in [5, 5.41) is 3.35. The zero-order valence-electron chi connectivity index (χ0n) is 13.3. The maximum Gasteiger partial charge on any atom is 0.417 e. The van der Waals surface area contributed by atoms with Crippen LogP contribution < -0.4 is 4.90 Å². The Morgan fingerprint density at radius 2 is 1.81 bits per heavy atom. The van der Waals surface area contributed by atoms with E-state index in [1.54, 1.807) is 30.3 Å². The molecule has 27 heavy (non-hydrogen) atoms. The van der Waals surface area contributed by atoms with Crippen molar-refractivity contribution in [2.24, 2.45) is 11.1 Å². The average Bonchev–Trinajstić information content (AvgIpc) is 3.15. The number of hydrogen-bond acceptors (Lipinski definition) is 5. The molecular formula is C17H9ClF3N3O3.